The lowest BCUT2D eigenvalue weighted by molar-refractivity contribution is -0.0880. The van der Waals surface area contributed by atoms with Crippen molar-refractivity contribution < 1.29 is 18.7 Å². The SMILES string of the molecule is Cc1nc2c3c(nn2c(C)c1Cl)CN(C(=O)c1ccc(F)cc1OC1CC2COCC(C1)N2C)C3. The minimum atomic E-state index is -0.428. The van der Waals surface area contributed by atoms with Crippen molar-refractivity contribution >= 4 is 23.2 Å². The van der Waals surface area contributed by atoms with Crippen LogP contribution in [0.15, 0.2) is 18.2 Å². The molecule has 5 heterocycles. The van der Waals surface area contributed by atoms with Gasteiger partial charge in [-0.25, -0.2) is 13.9 Å². The molecular weight excluding hydrogens is 473 g/mol. The van der Waals surface area contributed by atoms with E-state index in [1.807, 2.05) is 13.8 Å². The van der Waals surface area contributed by atoms with E-state index in [-0.39, 0.29) is 24.1 Å². The van der Waals surface area contributed by atoms with E-state index < -0.39 is 5.82 Å². The zero-order valence-corrected chi connectivity index (χ0v) is 20.7. The number of amides is 1. The molecule has 3 aliphatic heterocycles. The maximum atomic E-state index is 14.2. The van der Waals surface area contributed by atoms with Crippen LogP contribution in [-0.4, -0.2) is 68.8 Å². The number of rotatable bonds is 3. The number of aryl methyl sites for hydroxylation is 2. The van der Waals surface area contributed by atoms with Crippen molar-refractivity contribution in [2.75, 3.05) is 20.3 Å². The predicted molar refractivity (Wildman–Crippen MR) is 127 cm³/mol. The van der Waals surface area contributed by atoms with E-state index in [4.69, 9.17) is 21.1 Å². The first-order valence-corrected chi connectivity index (χ1v) is 12.3. The molecule has 2 fully saturated rings. The maximum absolute atomic E-state index is 14.2. The van der Waals surface area contributed by atoms with Crippen molar-refractivity contribution in [2.24, 2.45) is 0 Å². The van der Waals surface area contributed by atoms with E-state index in [0.29, 0.717) is 48.3 Å². The molecule has 2 aromatic heterocycles. The molecule has 1 aromatic carbocycles. The second-order valence-electron chi connectivity index (χ2n) is 9.78. The molecule has 35 heavy (non-hydrogen) atoms. The average Bonchev–Trinajstić information content (AvgIpc) is 3.37. The number of ether oxygens (including phenoxy) is 2. The van der Waals surface area contributed by atoms with Crippen LogP contribution in [0.3, 0.4) is 0 Å². The van der Waals surface area contributed by atoms with E-state index in [1.165, 1.54) is 18.2 Å². The summed E-state index contributed by atoms with van der Waals surface area (Å²) >= 11 is 6.35. The van der Waals surface area contributed by atoms with Crippen LogP contribution in [-0.2, 0) is 17.8 Å². The second kappa shape index (κ2) is 8.43. The summed E-state index contributed by atoms with van der Waals surface area (Å²) in [5.74, 6) is -0.351. The highest BCUT2D eigenvalue weighted by Crippen LogP contribution is 2.34. The van der Waals surface area contributed by atoms with Gasteiger partial charge in [0.1, 0.15) is 17.7 Å². The number of piperidine rings is 1. The predicted octanol–water partition coefficient (Wildman–Crippen LogP) is 3.54. The van der Waals surface area contributed by atoms with Gasteiger partial charge in [0.05, 0.1) is 54.0 Å². The van der Waals surface area contributed by atoms with Crippen LogP contribution in [0, 0.1) is 19.7 Å². The van der Waals surface area contributed by atoms with Gasteiger partial charge in [0, 0.05) is 36.6 Å². The first-order chi connectivity index (χ1) is 16.8. The van der Waals surface area contributed by atoms with E-state index in [1.54, 1.807) is 9.42 Å². The first-order valence-electron chi connectivity index (χ1n) is 11.9. The third-order valence-electron chi connectivity index (χ3n) is 7.55. The Kier molecular flexibility index (Phi) is 5.47. The molecule has 0 aliphatic carbocycles. The number of hydrogen-bond donors (Lipinski definition) is 0. The Labute approximate surface area is 207 Å². The lowest BCUT2D eigenvalue weighted by atomic mass is 9.92. The molecule has 0 radical (unpaired) electrons. The monoisotopic (exact) mass is 499 g/mol. The molecule has 1 amide bonds. The number of halogens is 2. The van der Waals surface area contributed by atoms with Gasteiger partial charge in [-0.2, -0.15) is 5.10 Å². The van der Waals surface area contributed by atoms with Crippen LogP contribution < -0.4 is 4.74 Å². The number of carbonyl (C=O) groups excluding carboxylic acids is 1. The minimum Gasteiger partial charge on any atom is -0.489 e. The van der Waals surface area contributed by atoms with Crippen LogP contribution in [0.1, 0.15) is 45.8 Å². The summed E-state index contributed by atoms with van der Waals surface area (Å²) in [6.07, 6.45) is 1.45. The Morgan fingerprint density at radius 2 is 1.94 bits per heavy atom. The van der Waals surface area contributed by atoms with Gasteiger partial charge in [-0.15, -0.1) is 0 Å². The molecule has 3 aliphatic rings. The van der Waals surface area contributed by atoms with Crippen molar-refractivity contribution in [3.63, 3.8) is 0 Å². The highest BCUT2D eigenvalue weighted by Gasteiger charge is 2.38. The van der Waals surface area contributed by atoms with Crippen LogP contribution in [0.4, 0.5) is 4.39 Å². The molecular formula is C25H27ClFN5O3. The molecule has 2 atom stereocenters. The zero-order valence-electron chi connectivity index (χ0n) is 19.9. The molecule has 8 nitrogen and oxygen atoms in total. The average molecular weight is 500 g/mol. The summed E-state index contributed by atoms with van der Waals surface area (Å²) in [6.45, 7) is 5.80. The molecule has 184 valence electrons. The highest BCUT2D eigenvalue weighted by atomic mass is 35.5. The van der Waals surface area contributed by atoms with Gasteiger partial charge in [-0.3, -0.25) is 9.69 Å². The number of hydrogen-bond acceptors (Lipinski definition) is 6. The van der Waals surface area contributed by atoms with Crippen LogP contribution >= 0.6 is 11.6 Å². The summed E-state index contributed by atoms with van der Waals surface area (Å²) in [5.41, 5.74) is 4.33. The summed E-state index contributed by atoms with van der Waals surface area (Å²) in [6, 6.07) is 4.67. The number of nitrogens with zero attached hydrogens (tertiary/aromatic N) is 5. The van der Waals surface area contributed by atoms with Crippen molar-refractivity contribution in [1.82, 2.24) is 24.4 Å². The highest BCUT2D eigenvalue weighted by molar-refractivity contribution is 6.31. The Balaban J connectivity index is 1.25. The van der Waals surface area contributed by atoms with E-state index >= 15 is 0 Å². The normalized spacial score (nSPS) is 24.1. The van der Waals surface area contributed by atoms with Gasteiger partial charge in [-0.1, -0.05) is 11.6 Å². The third-order valence-corrected chi connectivity index (χ3v) is 8.10. The molecule has 6 rings (SSSR count). The quantitative estimate of drug-likeness (QED) is 0.549. The van der Waals surface area contributed by atoms with Crippen molar-refractivity contribution in [3.05, 3.63) is 57.2 Å². The molecule has 2 bridgehead atoms. The van der Waals surface area contributed by atoms with Crippen molar-refractivity contribution in [1.29, 1.82) is 0 Å². The lowest BCUT2D eigenvalue weighted by Crippen LogP contribution is -2.57. The Morgan fingerprint density at radius 1 is 1.20 bits per heavy atom. The molecule has 2 saturated heterocycles. The fourth-order valence-corrected chi connectivity index (χ4v) is 5.64. The standard InChI is InChI=1S/C25H27ClFN5O3/c1-13-23(26)14(2)32-24(28-13)20-9-31(10-21(20)29-32)25(33)19-5-4-15(27)6-22(19)35-18-7-16-11-34-12-17(8-18)30(16)3/h4-6,16-18H,7-12H2,1-3H3. The van der Waals surface area contributed by atoms with Crippen molar-refractivity contribution in [3.8, 4) is 5.75 Å². The Hall–Kier alpha value is -2.75. The summed E-state index contributed by atoms with van der Waals surface area (Å²) in [5, 5.41) is 5.25. The maximum Gasteiger partial charge on any atom is 0.258 e. The number of aromatic nitrogens is 3. The summed E-state index contributed by atoms with van der Waals surface area (Å²) < 4.78 is 27.9. The molecule has 0 saturated carbocycles. The van der Waals surface area contributed by atoms with Gasteiger partial charge in [0.15, 0.2) is 5.65 Å². The fourth-order valence-electron chi connectivity index (χ4n) is 5.52. The van der Waals surface area contributed by atoms with E-state index in [9.17, 15) is 9.18 Å². The number of morpholine rings is 1. The molecule has 3 aromatic rings. The molecule has 10 heteroatoms. The smallest absolute Gasteiger partial charge is 0.258 e. The first kappa shape index (κ1) is 22.7. The lowest BCUT2D eigenvalue weighted by Gasteiger charge is -2.46. The van der Waals surface area contributed by atoms with Gasteiger partial charge in [-0.05, 0) is 33.0 Å². The Morgan fingerprint density at radius 3 is 2.69 bits per heavy atom. The summed E-state index contributed by atoms with van der Waals surface area (Å²) in [4.78, 5) is 22.2. The number of likely N-dealkylation sites (N-methyl/N-ethyl adjacent to an activating group) is 1. The number of benzene rings is 1. The van der Waals surface area contributed by atoms with Gasteiger partial charge < -0.3 is 14.4 Å². The van der Waals surface area contributed by atoms with Gasteiger partial charge >= 0.3 is 0 Å². The minimum absolute atomic E-state index is 0.0988. The topological polar surface area (TPSA) is 72.2 Å². The van der Waals surface area contributed by atoms with Crippen LogP contribution in [0.5, 0.6) is 5.75 Å². The van der Waals surface area contributed by atoms with Gasteiger partial charge in [0.2, 0.25) is 0 Å². The largest absolute Gasteiger partial charge is 0.489 e. The fraction of sp³-hybridized carbons (Fsp3) is 0.480. The number of fused-ring (bicyclic) bond motifs is 5. The second-order valence-corrected chi connectivity index (χ2v) is 10.2. The van der Waals surface area contributed by atoms with Crippen LogP contribution in [0.25, 0.3) is 5.65 Å². The molecule has 2 unspecified atom stereocenters. The molecule has 0 spiro atoms. The third kappa shape index (κ3) is 3.77. The van der Waals surface area contributed by atoms with E-state index in [0.717, 1.165) is 35.5 Å². The van der Waals surface area contributed by atoms with E-state index in [2.05, 4.69) is 22.0 Å². The van der Waals surface area contributed by atoms with Gasteiger partial charge in [0.25, 0.3) is 5.91 Å². The van der Waals surface area contributed by atoms with Crippen molar-refractivity contribution in [2.45, 2.75) is 58.0 Å². The Bertz CT molecular complexity index is 1330. The molecule has 0 N–H and O–H groups in total. The summed E-state index contributed by atoms with van der Waals surface area (Å²) in [7, 11) is 2.11. The number of carbonyl (C=O) groups is 1. The van der Waals surface area contributed by atoms with Crippen LogP contribution in [0.2, 0.25) is 5.02 Å². The zero-order chi connectivity index (χ0) is 24.4.